The van der Waals surface area contributed by atoms with Crippen LogP contribution in [0.15, 0.2) is 183 Å². The predicted octanol–water partition coefficient (Wildman–Crippen LogP) is 8.25. The third kappa shape index (κ3) is 11.3. The monoisotopic (exact) mass is 1090 g/mol. The maximum absolute atomic E-state index is 13.6. The topological polar surface area (TPSA) is 214 Å². The standard InChI is InChI=1S/C26H14N4O.C13H6FNO.C13H9N3.CH4NP.3K.HO4P/c27-15-16-12-13-23-17(14-16)25-22(10-5-11-24(25)31-23)30-21-9-4-3-8-20(21)29-19-7-2-1-6-18(19)28-26(29)30;14-10-2-1-3-12-13(10)9-6-8(7-15)4-5-11(9)16-12;1-3-7-11-9(5-1)14-13-15-10-6-2-4-8-12(10)16(11)13;1-2-3;;;;1-4-5(2)3/h1-14H;1-6H;1-8H,(H,14,15);3H,1H3;;;;1H/q;;;;;;+1;/p-1. The van der Waals surface area contributed by atoms with E-state index in [0.29, 0.717) is 33.1 Å². The van der Waals surface area contributed by atoms with E-state index < -0.39 is 8.25 Å². The zero-order valence-corrected chi connectivity index (χ0v) is 51.3. The Labute approximate surface area is 510 Å². The van der Waals surface area contributed by atoms with Crippen molar-refractivity contribution in [1.29, 1.82) is 10.5 Å². The second kappa shape index (κ2) is 25.8. The summed E-state index contributed by atoms with van der Waals surface area (Å²) in [7, 11) is 1.32. The molecule has 21 heteroatoms. The smallest absolute Gasteiger partial charge is 0.213 e. The van der Waals surface area contributed by atoms with Crippen molar-refractivity contribution in [3.8, 4) is 17.8 Å². The van der Waals surface area contributed by atoms with Crippen LogP contribution in [0.25, 0.3) is 105 Å². The molecule has 0 radical (unpaired) electrons. The number of rotatable bonds is 2. The number of aromatic nitrogens is 6. The first-order chi connectivity index (χ1) is 35.7. The summed E-state index contributed by atoms with van der Waals surface area (Å²) in [4.78, 5) is 21.7. The molecule has 0 amide bonds. The normalized spacial score (nSPS) is 10.9. The van der Waals surface area contributed by atoms with E-state index >= 15 is 0 Å². The van der Waals surface area contributed by atoms with Crippen molar-refractivity contribution in [3.05, 3.63) is 187 Å². The molecular formula is C53H33FK3N9O6P2. The summed E-state index contributed by atoms with van der Waals surface area (Å²) in [5.41, 5.74) is 13.4. The van der Waals surface area contributed by atoms with E-state index in [-0.39, 0.29) is 57.2 Å². The van der Waals surface area contributed by atoms with Gasteiger partial charge in [-0.1, -0.05) is 60.7 Å². The Bertz CT molecular complexity index is 4390. The molecule has 346 valence electrons. The Balaban J connectivity index is 0.000000144. The van der Waals surface area contributed by atoms with Crippen molar-refractivity contribution in [2.24, 2.45) is 4.74 Å². The van der Waals surface area contributed by atoms with Gasteiger partial charge in [0.2, 0.25) is 11.6 Å². The van der Waals surface area contributed by atoms with Crippen molar-refractivity contribution in [2.75, 3.05) is 7.05 Å². The predicted molar refractivity (Wildman–Crippen MR) is 281 cm³/mol. The van der Waals surface area contributed by atoms with Crippen LogP contribution >= 0.6 is 17.3 Å². The molecule has 14 rings (SSSR count). The van der Waals surface area contributed by atoms with Gasteiger partial charge < -0.3 is 24.0 Å². The summed E-state index contributed by atoms with van der Waals surface area (Å²) in [6.45, 7) is 0. The Hall–Kier alpha value is -4.20. The first-order valence-corrected chi connectivity index (χ1v) is 40.1. The summed E-state index contributed by atoms with van der Waals surface area (Å²) >= 11 is 2.50. The number of aromatic amines is 1. The zero-order valence-electron chi connectivity index (χ0n) is 40.0. The van der Waals surface area contributed by atoms with Gasteiger partial charge in [-0.2, -0.15) is 10.5 Å². The fourth-order valence-electron chi connectivity index (χ4n) is 8.75. The molecular weight excluding hydrogens is 1060 g/mol. The fraction of sp³-hybridized carbons (Fsp3) is 0.0189. The van der Waals surface area contributed by atoms with Gasteiger partial charge >= 0.3 is 123 Å². The molecule has 0 saturated carbocycles. The minimum Gasteiger partial charge on any atom is -0.323 e. The van der Waals surface area contributed by atoms with Crippen molar-refractivity contribution in [1.82, 2.24) is 28.3 Å². The molecule has 1 unspecified atom stereocenters. The molecule has 0 saturated heterocycles. The second-order valence-electron chi connectivity index (χ2n) is 15.6. The van der Waals surface area contributed by atoms with E-state index in [4.69, 9.17) is 33.8 Å². The number of furan rings is 2. The van der Waals surface area contributed by atoms with Gasteiger partial charge in [0.05, 0.1) is 83.9 Å². The third-order valence-electron chi connectivity index (χ3n) is 11.5. The van der Waals surface area contributed by atoms with E-state index in [2.05, 4.69) is 90.3 Å². The van der Waals surface area contributed by atoms with Gasteiger partial charge in [-0.05, 0) is 123 Å². The van der Waals surface area contributed by atoms with Crippen LogP contribution in [0.5, 0.6) is 0 Å². The zero-order chi connectivity index (χ0) is 51.2. The number of hydrogen-bond acceptors (Lipinski definition) is 11. The molecule has 74 heavy (non-hydrogen) atoms. The fourth-order valence-corrected chi connectivity index (χ4v) is 8.75. The first kappa shape index (κ1) is 56.0. The number of H-pyrrole nitrogens is 1. The Morgan fingerprint density at radius 1 is 0.662 bits per heavy atom. The summed E-state index contributed by atoms with van der Waals surface area (Å²) in [5.74, 6) is 1.43. The average molecular weight is 1090 g/mol. The van der Waals surface area contributed by atoms with Gasteiger partial charge in [-0.15, -0.1) is 0 Å². The van der Waals surface area contributed by atoms with E-state index in [0.717, 1.165) is 77.8 Å². The number of nitriles is 2. The summed E-state index contributed by atoms with van der Waals surface area (Å²) in [6.07, 6.45) is 0. The van der Waals surface area contributed by atoms with Crippen LogP contribution in [0.1, 0.15) is 11.1 Å². The molecule has 6 heterocycles. The van der Waals surface area contributed by atoms with Crippen LogP contribution in [0, 0.1) is 28.5 Å². The van der Waals surface area contributed by atoms with Crippen LogP contribution in [-0.2, 0) is 9.24 Å². The Kier molecular flexibility index (Phi) is 19.5. The molecule has 0 aliphatic rings. The van der Waals surface area contributed by atoms with Gasteiger partial charge in [0, 0.05) is 17.8 Å². The van der Waals surface area contributed by atoms with Crippen LogP contribution in [0.4, 0.5) is 4.39 Å². The van der Waals surface area contributed by atoms with E-state index in [1.54, 1.807) is 43.4 Å². The molecule has 0 fully saturated rings. The molecule has 0 bridgehead atoms. The van der Waals surface area contributed by atoms with E-state index in [9.17, 15) is 9.65 Å². The quantitative estimate of drug-likeness (QED) is 0.0757. The summed E-state index contributed by atoms with van der Waals surface area (Å²) in [5, 5.41) is 29.7. The molecule has 6 aromatic heterocycles. The molecule has 15 nitrogen and oxygen atoms in total. The van der Waals surface area contributed by atoms with Gasteiger partial charge in [0.25, 0.3) is 0 Å². The number of nitrogens with one attached hydrogen (secondary N) is 1. The van der Waals surface area contributed by atoms with Crippen LogP contribution in [0.3, 0.4) is 0 Å². The third-order valence-corrected chi connectivity index (χ3v) is 11.7. The number of nitrogens with zero attached hydrogens (tertiary/aromatic N) is 8. The maximum Gasteiger partial charge on any atom is 0.213 e. The van der Waals surface area contributed by atoms with Gasteiger partial charge in [-0.25, -0.2) is 19.0 Å². The minimum absolute atomic E-state index is 0. The van der Waals surface area contributed by atoms with Gasteiger partial charge in [0.15, 0.2) is 0 Å². The largest absolute Gasteiger partial charge is 0.323 e. The molecule has 0 aliphatic carbocycles. The van der Waals surface area contributed by atoms with Crippen molar-refractivity contribution < 1.29 is 84.0 Å². The molecule has 0 spiro atoms. The van der Waals surface area contributed by atoms with Crippen molar-refractivity contribution >= 4 is 180 Å². The SMILES string of the molecule is CN=P.N#Cc1ccc2oc3cccc(-n4c5ccccc5n5c6ccccc6nc45)c3c2c1.N#Cc1ccc2oc3cccc(F)c3c2c1.O=[P+]([O-])O[O-].[K+].[K][K].c1ccc2c(c1)nc1[nH]c3ccccc3n12. The van der Waals surface area contributed by atoms with Gasteiger partial charge in [0.1, 0.15) is 28.1 Å². The van der Waals surface area contributed by atoms with Crippen LogP contribution in [-0.4, -0.2) is 98.5 Å². The number of halogens is 1. The number of imidazole rings is 4. The Morgan fingerprint density at radius 2 is 1.15 bits per heavy atom. The molecule has 8 aromatic carbocycles. The summed E-state index contributed by atoms with van der Waals surface area (Å²) in [6, 6.07) is 58.5. The number of para-hydroxylation sites is 8. The van der Waals surface area contributed by atoms with Crippen molar-refractivity contribution in [3.63, 3.8) is 0 Å². The molecule has 14 aromatic rings. The molecule has 0 aliphatic heterocycles. The van der Waals surface area contributed by atoms with Gasteiger partial charge in [-0.3, -0.25) is 18.1 Å². The number of hydrogen-bond donors (Lipinski definition) is 1. The maximum atomic E-state index is 13.6. The number of fused-ring (bicyclic) bond motifs is 16. The molecule has 1 atom stereocenters. The second-order valence-corrected chi connectivity index (χ2v) is 16.6. The first-order valence-electron chi connectivity index (χ1n) is 22.5. The van der Waals surface area contributed by atoms with Crippen LogP contribution < -0.4 is 61.5 Å². The van der Waals surface area contributed by atoms with E-state index in [1.165, 1.54) is 74.7 Å². The molecule has 1 N–H and O–H groups in total. The van der Waals surface area contributed by atoms with Crippen molar-refractivity contribution in [2.45, 2.75) is 0 Å². The summed E-state index contributed by atoms with van der Waals surface area (Å²) < 4.78 is 46.4. The minimum atomic E-state index is -3.15. The average Bonchev–Trinajstić information content (AvgIpc) is 4.29. The van der Waals surface area contributed by atoms with Crippen LogP contribution in [0.2, 0.25) is 0 Å². The Morgan fingerprint density at radius 3 is 1.74 bits per heavy atom. The van der Waals surface area contributed by atoms with E-state index in [1.807, 2.05) is 91.0 Å². The number of benzene rings is 8.